The average molecular weight is 341 g/mol. The molecule has 2 N–H and O–H groups in total. The first kappa shape index (κ1) is 16.7. The highest BCUT2D eigenvalue weighted by Gasteiger charge is 2.08. The highest BCUT2D eigenvalue weighted by atomic mass is 79.9. The molecule has 2 amide bonds. The fourth-order valence-electron chi connectivity index (χ4n) is 1.53. The maximum Gasteiger partial charge on any atom is 0.251 e. The molecule has 0 aliphatic carbocycles. The lowest BCUT2D eigenvalue weighted by Crippen LogP contribution is -2.32. The van der Waals surface area contributed by atoms with E-state index in [1.54, 1.807) is 12.1 Å². The second kappa shape index (κ2) is 8.04. The van der Waals surface area contributed by atoms with Crippen molar-refractivity contribution in [1.29, 1.82) is 0 Å². The standard InChI is InChI=1S/C15H21BrN2O2/c1-10(2)9-18-14(19)6-7-17-15(20)12-5-4-11(3)13(16)8-12/h4-5,8,10H,6-7,9H2,1-3H3,(H,17,20)(H,18,19). The molecule has 110 valence electrons. The molecule has 0 saturated carbocycles. The highest BCUT2D eigenvalue weighted by Crippen LogP contribution is 2.17. The summed E-state index contributed by atoms with van der Waals surface area (Å²) in [4.78, 5) is 23.4. The Balaban J connectivity index is 2.36. The Morgan fingerprint density at radius 3 is 2.55 bits per heavy atom. The van der Waals surface area contributed by atoms with Gasteiger partial charge in [0.25, 0.3) is 5.91 Å². The van der Waals surface area contributed by atoms with Crippen LogP contribution in [0.1, 0.15) is 36.2 Å². The molecule has 20 heavy (non-hydrogen) atoms. The number of rotatable bonds is 6. The molecular weight excluding hydrogens is 320 g/mol. The number of aryl methyl sites for hydroxylation is 1. The van der Waals surface area contributed by atoms with Crippen LogP contribution in [0.2, 0.25) is 0 Å². The van der Waals surface area contributed by atoms with Gasteiger partial charge in [0.05, 0.1) is 0 Å². The SMILES string of the molecule is Cc1ccc(C(=O)NCCC(=O)NCC(C)C)cc1Br. The molecule has 4 nitrogen and oxygen atoms in total. The highest BCUT2D eigenvalue weighted by molar-refractivity contribution is 9.10. The third kappa shape index (κ3) is 5.74. The van der Waals surface area contributed by atoms with Gasteiger partial charge >= 0.3 is 0 Å². The number of carbonyl (C=O) groups excluding carboxylic acids is 2. The van der Waals surface area contributed by atoms with Crippen LogP contribution in [0.15, 0.2) is 22.7 Å². The molecule has 1 aromatic rings. The van der Waals surface area contributed by atoms with Crippen molar-refractivity contribution in [2.75, 3.05) is 13.1 Å². The summed E-state index contributed by atoms with van der Waals surface area (Å²) in [7, 11) is 0. The van der Waals surface area contributed by atoms with Crippen molar-refractivity contribution in [3.63, 3.8) is 0 Å². The molecular formula is C15H21BrN2O2. The Morgan fingerprint density at radius 1 is 1.25 bits per heavy atom. The molecule has 1 aromatic carbocycles. The van der Waals surface area contributed by atoms with Gasteiger partial charge in [-0.15, -0.1) is 0 Å². The van der Waals surface area contributed by atoms with Gasteiger partial charge in [0.1, 0.15) is 0 Å². The number of carbonyl (C=O) groups is 2. The number of benzene rings is 1. The zero-order valence-electron chi connectivity index (χ0n) is 12.1. The summed E-state index contributed by atoms with van der Waals surface area (Å²) >= 11 is 3.40. The summed E-state index contributed by atoms with van der Waals surface area (Å²) in [6.07, 6.45) is 0.297. The predicted octanol–water partition coefficient (Wildman–Crippen LogP) is 2.65. The van der Waals surface area contributed by atoms with Gasteiger partial charge in [0, 0.05) is 29.5 Å². The van der Waals surface area contributed by atoms with E-state index >= 15 is 0 Å². The van der Waals surface area contributed by atoms with E-state index in [-0.39, 0.29) is 11.8 Å². The zero-order valence-corrected chi connectivity index (χ0v) is 13.7. The molecule has 0 atom stereocenters. The Morgan fingerprint density at radius 2 is 1.95 bits per heavy atom. The first-order valence-corrected chi connectivity index (χ1v) is 7.50. The lowest BCUT2D eigenvalue weighted by molar-refractivity contribution is -0.121. The maximum absolute atomic E-state index is 11.9. The van der Waals surface area contributed by atoms with Crippen molar-refractivity contribution in [1.82, 2.24) is 10.6 Å². The summed E-state index contributed by atoms with van der Waals surface area (Å²) in [5.74, 6) is 0.227. The van der Waals surface area contributed by atoms with Crippen molar-refractivity contribution >= 4 is 27.7 Å². The van der Waals surface area contributed by atoms with E-state index in [0.717, 1.165) is 10.0 Å². The Labute approximate surface area is 128 Å². The van der Waals surface area contributed by atoms with E-state index in [9.17, 15) is 9.59 Å². The number of nitrogens with one attached hydrogen (secondary N) is 2. The first-order valence-electron chi connectivity index (χ1n) is 6.71. The van der Waals surface area contributed by atoms with Crippen LogP contribution < -0.4 is 10.6 Å². The molecule has 0 aromatic heterocycles. The minimum absolute atomic E-state index is 0.0379. The summed E-state index contributed by atoms with van der Waals surface area (Å²) in [6, 6.07) is 5.44. The summed E-state index contributed by atoms with van der Waals surface area (Å²) < 4.78 is 0.903. The van der Waals surface area contributed by atoms with Crippen molar-refractivity contribution in [2.45, 2.75) is 27.2 Å². The Hall–Kier alpha value is -1.36. The predicted molar refractivity (Wildman–Crippen MR) is 83.7 cm³/mol. The van der Waals surface area contributed by atoms with Gasteiger partial charge in [-0.05, 0) is 30.5 Å². The van der Waals surface area contributed by atoms with Gasteiger partial charge < -0.3 is 10.6 Å². The van der Waals surface area contributed by atoms with E-state index in [4.69, 9.17) is 0 Å². The summed E-state index contributed by atoms with van der Waals surface area (Å²) in [5, 5.41) is 5.56. The topological polar surface area (TPSA) is 58.2 Å². The number of hydrogen-bond acceptors (Lipinski definition) is 2. The molecule has 0 radical (unpaired) electrons. The van der Waals surface area contributed by atoms with Crippen LogP contribution >= 0.6 is 15.9 Å². The second-order valence-corrected chi connectivity index (χ2v) is 6.02. The van der Waals surface area contributed by atoms with Gasteiger partial charge in [-0.3, -0.25) is 9.59 Å². The molecule has 0 aliphatic rings. The quantitative estimate of drug-likeness (QED) is 0.836. The van der Waals surface area contributed by atoms with Crippen LogP contribution in [0, 0.1) is 12.8 Å². The van der Waals surface area contributed by atoms with Crippen molar-refractivity contribution in [3.8, 4) is 0 Å². The normalized spacial score (nSPS) is 10.4. The number of amides is 2. The van der Waals surface area contributed by atoms with Crippen LogP contribution in [-0.4, -0.2) is 24.9 Å². The second-order valence-electron chi connectivity index (χ2n) is 5.17. The third-order valence-corrected chi connectivity index (χ3v) is 3.63. The fourth-order valence-corrected chi connectivity index (χ4v) is 1.91. The van der Waals surface area contributed by atoms with E-state index in [0.29, 0.717) is 31.0 Å². The first-order chi connectivity index (χ1) is 9.40. The maximum atomic E-state index is 11.9. The lowest BCUT2D eigenvalue weighted by Gasteiger charge is -2.09. The smallest absolute Gasteiger partial charge is 0.251 e. The van der Waals surface area contributed by atoms with Gasteiger partial charge in [0.15, 0.2) is 0 Å². The third-order valence-electron chi connectivity index (χ3n) is 2.78. The number of hydrogen-bond donors (Lipinski definition) is 2. The van der Waals surface area contributed by atoms with E-state index in [2.05, 4.69) is 26.6 Å². The molecule has 5 heteroatoms. The summed E-state index contributed by atoms with van der Waals surface area (Å²) in [6.45, 7) is 7.05. The lowest BCUT2D eigenvalue weighted by atomic mass is 10.1. The van der Waals surface area contributed by atoms with E-state index in [1.165, 1.54) is 0 Å². The molecule has 0 heterocycles. The van der Waals surface area contributed by atoms with Crippen molar-refractivity contribution in [2.24, 2.45) is 5.92 Å². The van der Waals surface area contributed by atoms with Crippen molar-refractivity contribution in [3.05, 3.63) is 33.8 Å². The monoisotopic (exact) mass is 340 g/mol. The fraction of sp³-hybridized carbons (Fsp3) is 0.467. The molecule has 1 rings (SSSR count). The molecule has 0 saturated heterocycles. The Kier molecular flexibility index (Phi) is 6.71. The minimum Gasteiger partial charge on any atom is -0.356 e. The zero-order chi connectivity index (χ0) is 15.1. The van der Waals surface area contributed by atoms with Crippen LogP contribution in [0.4, 0.5) is 0 Å². The minimum atomic E-state index is -0.164. The van der Waals surface area contributed by atoms with Crippen LogP contribution in [-0.2, 0) is 4.79 Å². The van der Waals surface area contributed by atoms with Gasteiger partial charge in [-0.2, -0.15) is 0 Å². The van der Waals surface area contributed by atoms with Crippen molar-refractivity contribution < 1.29 is 9.59 Å². The molecule has 0 fully saturated rings. The molecule has 0 spiro atoms. The molecule has 0 aliphatic heterocycles. The van der Waals surface area contributed by atoms with Gasteiger partial charge in [-0.1, -0.05) is 35.8 Å². The van der Waals surface area contributed by atoms with E-state index < -0.39 is 0 Å². The number of halogens is 1. The average Bonchev–Trinajstić information content (AvgIpc) is 2.39. The Bertz CT molecular complexity index is 487. The van der Waals surface area contributed by atoms with E-state index in [1.807, 2.05) is 26.8 Å². The van der Waals surface area contributed by atoms with Crippen LogP contribution in [0.3, 0.4) is 0 Å². The van der Waals surface area contributed by atoms with Crippen LogP contribution in [0.5, 0.6) is 0 Å². The van der Waals surface area contributed by atoms with Gasteiger partial charge in [-0.25, -0.2) is 0 Å². The summed E-state index contributed by atoms with van der Waals surface area (Å²) in [5.41, 5.74) is 1.67. The van der Waals surface area contributed by atoms with Gasteiger partial charge in [0.2, 0.25) is 5.91 Å². The molecule has 0 bridgehead atoms. The van der Waals surface area contributed by atoms with Crippen LogP contribution in [0.25, 0.3) is 0 Å². The largest absolute Gasteiger partial charge is 0.356 e. The molecule has 0 unspecified atom stereocenters.